The monoisotopic (exact) mass is 357 g/mol. The van der Waals surface area contributed by atoms with Crippen LogP contribution in [0.25, 0.3) is 0 Å². The molecule has 0 radical (unpaired) electrons. The molecular weight excluding hydrogens is 326 g/mol. The Labute approximate surface area is 145 Å². The molecule has 0 spiro atoms. The lowest BCUT2D eigenvalue weighted by atomic mass is 9.84. The molecule has 3 fully saturated rings. The molecule has 0 aromatic carbocycles. The van der Waals surface area contributed by atoms with Gasteiger partial charge in [0.1, 0.15) is 0 Å². The maximum atomic E-state index is 12.6. The van der Waals surface area contributed by atoms with Crippen molar-refractivity contribution < 1.29 is 13.2 Å². The summed E-state index contributed by atoms with van der Waals surface area (Å²) in [4.78, 5) is 12.1. The number of amides is 1. The smallest absolute Gasteiger partial charge is 0.237 e. The van der Waals surface area contributed by atoms with E-state index in [4.69, 9.17) is 0 Å². The molecule has 7 heteroatoms. The molecule has 138 valence electrons. The third kappa shape index (κ3) is 4.70. The van der Waals surface area contributed by atoms with E-state index < -0.39 is 10.0 Å². The Hall–Kier alpha value is -0.660. The average molecular weight is 358 g/mol. The third-order valence-electron chi connectivity index (χ3n) is 5.83. The van der Waals surface area contributed by atoms with Gasteiger partial charge in [-0.2, -0.15) is 0 Å². The van der Waals surface area contributed by atoms with Gasteiger partial charge in [-0.25, -0.2) is 12.7 Å². The van der Waals surface area contributed by atoms with Gasteiger partial charge in [0.2, 0.25) is 15.9 Å². The highest BCUT2D eigenvalue weighted by Crippen LogP contribution is 2.30. The molecule has 0 bridgehead atoms. The number of carbonyl (C=O) groups is 1. The fourth-order valence-corrected chi connectivity index (χ4v) is 5.68. The van der Waals surface area contributed by atoms with Crippen LogP contribution in [0.3, 0.4) is 0 Å². The van der Waals surface area contributed by atoms with Gasteiger partial charge in [0.05, 0.1) is 11.8 Å². The number of hydrogen-bond acceptors (Lipinski definition) is 4. The van der Waals surface area contributed by atoms with Crippen molar-refractivity contribution in [3.05, 3.63) is 0 Å². The van der Waals surface area contributed by atoms with Gasteiger partial charge in [0.25, 0.3) is 0 Å². The summed E-state index contributed by atoms with van der Waals surface area (Å²) in [6.45, 7) is 2.70. The molecule has 6 nitrogen and oxygen atoms in total. The number of rotatable bonds is 7. The molecule has 2 atom stereocenters. The quantitative estimate of drug-likeness (QED) is 0.715. The number of carbonyl (C=O) groups excluding carboxylic acids is 1. The van der Waals surface area contributed by atoms with Crippen LogP contribution < -0.4 is 10.6 Å². The zero-order chi connectivity index (χ0) is 17.0. The zero-order valence-corrected chi connectivity index (χ0v) is 15.3. The van der Waals surface area contributed by atoms with E-state index in [2.05, 4.69) is 10.6 Å². The van der Waals surface area contributed by atoms with E-state index in [9.17, 15) is 13.2 Å². The SMILES string of the molecule is O=C(NCC1CCCN(S(=O)(=O)CCC2CCC2)C1)C1CCCN1. The van der Waals surface area contributed by atoms with Crippen molar-refractivity contribution in [1.29, 1.82) is 0 Å². The van der Waals surface area contributed by atoms with Gasteiger partial charge in [0.15, 0.2) is 0 Å². The van der Waals surface area contributed by atoms with E-state index in [0.717, 1.165) is 38.6 Å². The highest BCUT2D eigenvalue weighted by molar-refractivity contribution is 7.89. The van der Waals surface area contributed by atoms with Crippen LogP contribution in [-0.2, 0) is 14.8 Å². The van der Waals surface area contributed by atoms with E-state index in [-0.39, 0.29) is 17.9 Å². The molecule has 3 rings (SSSR count). The first-order valence-corrected chi connectivity index (χ1v) is 11.1. The summed E-state index contributed by atoms with van der Waals surface area (Å²) in [5, 5.41) is 6.21. The topological polar surface area (TPSA) is 78.5 Å². The van der Waals surface area contributed by atoms with Crippen LogP contribution in [-0.4, -0.2) is 56.6 Å². The first-order valence-electron chi connectivity index (χ1n) is 9.53. The standard InChI is InChI=1S/C17H31N3O3S/c21-17(16-7-2-9-18-16)19-12-15-6-3-10-20(13-15)24(22,23)11-8-14-4-1-5-14/h14-16,18H,1-13H2,(H,19,21). The van der Waals surface area contributed by atoms with Gasteiger partial charge in [-0.05, 0) is 50.5 Å². The summed E-state index contributed by atoms with van der Waals surface area (Å²) in [6, 6.07) is -0.0593. The lowest BCUT2D eigenvalue weighted by Crippen LogP contribution is -2.47. The Bertz CT molecular complexity index is 527. The largest absolute Gasteiger partial charge is 0.354 e. The fourth-order valence-electron chi connectivity index (χ4n) is 3.95. The van der Waals surface area contributed by atoms with E-state index >= 15 is 0 Å². The van der Waals surface area contributed by atoms with Gasteiger partial charge >= 0.3 is 0 Å². The molecule has 2 heterocycles. The lowest BCUT2D eigenvalue weighted by Gasteiger charge is -2.33. The molecule has 2 N–H and O–H groups in total. The van der Waals surface area contributed by atoms with Crippen LogP contribution in [0.2, 0.25) is 0 Å². The number of nitrogens with zero attached hydrogens (tertiary/aromatic N) is 1. The zero-order valence-electron chi connectivity index (χ0n) is 14.5. The molecule has 2 saturated heterocycles. The van der Waals surface area contributed by atoms with Crippen LogP contribution in [0.15, 0.2) is 0 Å². The van der Waals surface area contributed by atoms with Crippen molar-refractivity contribution in [1.82, 2.24) is 14.9 Å². The number of sulfonamides is 1. The van der Waals surface area contributed by atoms with Crippen molar-refractivity contribution in [3.63, 3.8) is 0 Å². The van der Waals surface area contributed by atoms with Crippen molar-refractivity contribution in [2.24, 2.45) is 11.8 Å². The summed E-state index contributed by atoms with van der Waals surface area (Å²) < 4.78 is 26.8. The van der Waals surface area contributed by atoms with E-state index in [0.29, 0.717) is 31.3 Å². The second-order valence-corrected chi connectivity index (χ2v) is 9.75. The molecule has 2 unspecified atom stereocenters. The predicted molar refractivity (Wildman–Crippen MR) is 94.1 cm³/mol. The van der Waals surface area contributed by atoms with Crippen LogP contribution >= 0.6 is 0 Å². The average Bonchev–Trinajstić information content (AvgIpc) is 3.06. The van der Waals surface area contributed by atoms with Crippen LogP contribution in [0.4, 0.5) is 0 Å². The first-order chi connectivity index (χ1) is 11.5. The summed E-state index contributed by atoms with van der Waals surface area (Å²) >= 11 is 0. The minimum atomic E-state index is -3.13. The molecule has 0 aromatic rings. The lowest BCUT2D eigenvalue weighted by molar-refractivity contribution is -0.123. The van der Waals surface area contributed by atoms with Gasteiger partial charge in [-0.15, -0.1) is 0 Å². The van der Waals surface area contributed by atoms with E-state index in [1.54, 1.807) is 4.31 Å². The minimum Gasteiger partial charge on any atom is -0.354 e. The van der Waals surface area contributed by atoms with E-state index in [1.165, 1.54) is 19.3 Å². The molecule has 0 aromatic heterocycles. The number of piperidine rings is 1. The highest BCUT2D eigenvalue weighted by atomic mass is 32.2. The van der Waals surface area contributed by atoms with Gasteiger partial charge in [0, 0.05) is 19.6 Å². The minimum absolute atomic E-state index is 0.0593. The van der Waals surface area contributed by atoms with Crippen LogP contribution in [0.5, 0.6) is 0 Å². The van der Waals surface area contributed by atoms with Gasteiger partial charge in [-0.1, -0.05) is 19.3 Å². The summed E-state index contributed by atoms with van der Waals surface area (Å²) in [6.07, 6.45) is 8.29. The summed E-state index contributed by atoms with van der Waals surface area (Å²) in [7, 11) is -3.13. The number of hydrogen-bond donors (Lipinski definition) is 2. The van der Waals surface area contributed by atoms with Crippen molar-refractivity contribution in [2.45, 2.75) is 57.4 Å². The summed E-state index contributed by atoms with van der Waals surface area (Å²) in [5.41, 5.74) is 0. The molecule has 1 amide bonds. The van der Waals surface area contributed by atoms with Crippen LogP contribution in [0.1, 0.15) is 51.4 Å². The van der Waals surface area contributed by atoms with Gasteiger partial charge < -0.3 is 10.6 Å². The van der Waals surface area contributed by atoms with Gasteiger partial charge in [-0.3, -0.25) is 4.79 Å². The summed E-state index contributed by atoms with van der Waals surface area (Å²) in [5.74, 6) is 1.22. The maximum absolute atomic E-state index is 12.6. The van der Waals surface area contributed by atoms with Crippen molar-refractivity contribution in [2.75, 3.05) is 31.9 Å². The van der Waals surface area contributed by atoms with E-state index in [1.807, 2.05) is 0 Å². The second kappa shape index (κ2) is 8.15. The molecule has 24 heavy (non-hydrogen) atoms. The second-order valence-electron chi connectivity index (χ2n) is 7.66. The van der Waals surface area contributed by atoms with Crippen molar-refractivity contribution >= 4 is 15.9 Å². The fraction of sp³-hybridized carbons (Fsp3) is 0.941. The Morgan fingerprint density at radius 1 is 1.08 bits per heavy atom. The first kappa shape index (κ1) is 18.1. The van der Waals surface area contributed by atoms with Crippen molar-refractivity contribution in [3.8, 4) is 0 Å². The predicted octanol–water partition coefficient (Wildman–Crippen LogP) is 1.09. The Kier molecular flexibility index (Phi) is 6.16. The molecule has 3 aliphatic rings. The Morgan fingerprint density at radius 3 is 2.54 bits per heavy atom. The molecular formula is C17H31N3O3S. The van der Waals surface area contributed by atoms with Crippen LogP contribution in [0, 0.1) is 11.8 Å². The maximum Gasteiger partial charge on any atom is 0.237 e. The molecule has 2 aliphatic heterocycles. The number of nitrogens with one attached hydrogen (secondary N) is 2. The molecule has 1 saturated carbocycles. The third-order valence-corrected chi connectivity index (χ3v) is 7.70. The highest BCUT2D eigenvalue weighted by Gasteiger charge is 2.31. The molecule has 1 aliphatic carbocycles. The Morgan fingerprint density at radius 2 is 1.88 bits per heavy atom. The Balaban J connectivity index is 1.43. The normalized spacial score (nSPS) is 29.3.